The molecule has 0 aliphatic rings. The predicted octanol–water partition coefficient (Wildman–Crippen LogP) is 9.39. The van der Waals surface area contributed by atoms with Crippen LogP contribution in [0.5, 0.6) is 0 Å². The lowest BCUT2D eigenvalue weighted by atomic mass is 10.1. The van der Waals surface area contributed by atoms with Crippen LogP contribution < -0.4 is 0 Å². The maximum atomic E-state index is 12.2. The molecule has 0 aliphatic carbocycles. The standard InChI is InChI=1S/C27H53IO3Si/c1-7-8-9-10-11-12-13-14-15-16-17-18-19-20-21-22-26(29)31-25(23-28)24-30-32(5,6)27(2,3)4/h14-15,25H,7-13,16-24H2,1-6H3/b15-14-/t25-/m1/s1. The van der Waals surface area contributed by atoms with Crippen LogP contribution in [0.4, 0.5) is 0 Å². The van der Waals surface area contributed by atoms with Crippen LogP contribution in [-0.2, 0) is 14.0 Å². The molecule has 0 heterocycles. The van der Waals surface area contributed by atoms with Crippen LogP contribution in [0.25, 0.3) is 0 Å². The van der Waals surface area contributed by atoms with Crippen molar-refractivity contribution in [1.82, 2.24) is 0 Å². The summed E-state index contributed by atoms with van der Waals surface area (Å²) in [5, 5.41) is 0.177. The fourth-order valence-corrected chi connectivity index (χ4v) is 4.68. The second kappa shape index (κ2) is 19.4. The summed E-state index contributed by atoms with van der Waals surface area (Å²) in [6.07, 6.45) is 21.6. The number of rotatable bonds is 20. The molecule has 0 bridgehead atoms. The van der Waals surface area contributed by atoms with Gasteiger partial charge in [0.1, 0.15) is 6.10 Å². The summed E-state index contributed by atoms with van der Waals surface area (Å²) < 4.78 is 12.7. The van der Waals surface area contributed by atoms with E-state index < -0.39 is 8.32 Å². The minimum atomic E-state index is -1.80. The average Bonchev–Trinajstić information content (AvgIpc) is 2.73. The van der Waals surface area contributed by atoms with Gasteiger partial charge in [-0.2, -0.15) is 0 Å². The number of ether oxygens (including phenoxy) is 1. The van der Waals surface area contributed by atoms with E-state index in [1.807, 2.05) is 0 Å². The summed E-state index contributed by atoms with van der Waals surface area (Å²) in [6, 6.07) is 0. The number of allylic oxidation sites excluding steroid dienone is 2. The Morgan fingerprint density at radius 3 is 1.88 bits per heavy atom. The highest BCUT2D eigenvalue weighted by atomic mass is 127. The number of carbonyl (C=O) groups is 1. The minimum Gasteiger partial charge on any atom is -0.459 e. The molecule has 0 amide bonds. The number of unbranched alkanes of at least 4 members (excludes halogenated alkanes) is 11. The van der Waals surface area contributed by atoms with Gasteiger partial charge in [0, 0.05) is 10.8 Å². The lowest BCUT2D eigenvalue weighted by Crippen LogP contribution is -2.43. The number of carbonyl (C=O) groups excluding carboxylic acids is 1. The first-order valence-electron chi connectivity index (χ1n) is 13.2. The molecule has 0 fully saturated rings. The number of hydrogen-bond donors (Lipinski definition) is 0. The fraction of sp³-hybridized carbons (Fsp3) is 0.889. The Hall–Kier alpha value is 0.117. The molecule has 1 atom stereocenters. The van der Waals surface area contributed by atoms with Crippen molar-refractivity contribution in [1.29, 1.82) is 0 Å². The van der Waals surface area contributed by atoms with Crippen LogP contribution in [0.2, 0.25) is 18.1 Å². The molecule has 190 valence electrons. The zero-order valence-electron chi connectivity index (χ0n) is 22.1. The quantitative estimate of drug-likeness (QED) is 0.0359. The maximum Gasteiger partial charge on any atom is 0.306 e. The van der Waals surface area contributed by atoms with Gasteiger partial charge in [-0.25, -0.2) is 0 Å². The van der Waals surface area contributed by atoms with E-state index in [1.54, 1.807) is 0 Å². The van der Waals surface area contributed by atoms with E-state index in [4.69, 9.17) is 9.16 Å². The van der Waals surface area contributed by atoms with Crippen molar-refractivity contribution in [3.05, 3.63) is 12.2 Å². The van der Waals surface area contributed by atoms with Crippen molar-refractivity contribution < 1.29 is 14.0 Å². The monoisotopic (exact) mass is 580 g/mol. The lowest BCUT2D eigenvalue weighted by molar-refractivity contribution is -0.149. The van der Waals surface area contributed by atoms with Crippen molar-refractivity contribution in [3.63, 3.8) is 0 Å². The third kappa shape index (κ3) is 17.6. The highest BCUT2D eigenvalue weighted by molar-refractivity contribution is 14.1. The first-order valence-corrected chi connectivity index (χ1v) is 17.6. The normalized spacial score (nSPS) is 13.6. The average molecular weight is 581 g/mol. The van der Waals surface area contributed by atoms with Gasteiger partial charge in [0.2, 0.25) is 0 Å². The lowest BCUT2D eigenvalue weighted by Gasteiger charge is -2.37. The molecule has 0 unspecified atom stereocenters. The highest BCUT2D eigenvalue weighted by Crippen LogP contribution is 2.36. The molecule has 32 heavy (non-hydrogen) atoms. The Morgan fingerprint density at radius 1 is 0.875 bits per heavy atom. The van der Waals surface area contributed by atoms with Gasteiger partial charge in [-0.05, 0) is 50.2 Å². The van der Waals surface area contributed by atoms with E-state index in [2.05, 4.69) is 75.5 Å². The van der Waals surface area contributed by atoms with E-state index in [0.717, 1.165) is 17.3 Å². The van der Waals surface area contributed by atoms with Gasteiger partial charge >= 0.3 is 5.97 Å². The van der Waals surface area contributed by atoms with E-state index in [9.17, 15) is 4.79 Å². The summed E-state index contributed by atoms with van der Waals surface area (Å²) in [7, 11) is -1.80. The molecule has 0 saturated heterocycles. The third-order valence-electron chi connectivity index (χ3n) is 6.55. The topological polar surface area (TPSA) is 35.5 Å². The van der Waals surface area contributed by atoms with Gasteiger partial charge in [0.25, 0.3) is 0 Å². The Balaban J connectivity index is 3.69. The van der Waals surface area contributed by atoms with Gasteiger partial charge in [-0.3, -0.25) is 4.79 Å². The van der Waals surface area contributed by atoms with Crippen LogP contribution in [0.15, 0.2) is 12.2 Å². The molecule has 0 rings (SSSR count). The maximum absolute atomic E-state index is 12.2. The van der Waals surface area contributed by atoms with Gasteiger partial charge in [0.15, 0.2) is 8.32 Å². The molecule has 0 aromatic heterocycles. The highest BCUT2D eigenvalue weighted by Gasteiger charge is 2.37. The van der Waals surface area contributed by atoms with Crippen molar-refractivity contribution in [2.75, 3.05) is 11.0 Å². The van der Waals surface area contributed by atoms with Gasteiger partial charge in [-0.15, -0.1) is 0 Å². The van der Waals surface area contributed by atoms with Gasteiger partial charge in [0.05, 0.1) is 6.61 Å². The largest absolute Gasteiger partial charge is 0.459 e. The zero-order chi connectivity index (χ0) is 24.3. The van der Waals surface area contributed by atoms with Crippen molar-refractivity contribution >= 4 is 36.9 Å². The SMILES string of the molecule is CCCCCCCC/C=C\CCCCCCCC(=O)O[C@H](CI)CO[Si](C)(C)C(C)(C)C. The van der Waals surface area contributed by atoms with Crippen LogP contribution in [0.1, 0.15) is 118 Å². The zero-order valence-corrected chi connectivity index (χ0v) is 25.3. The molecule has 0 aromatic rings. The first-order chi connectivity index (χ1) is 15.1. The van der Waals surface area contributed by atoms with Crippen LogP contribution in [-0.4, -0.2) is 31.4 Å². The summed E-state index contributed by atoms with van der Waals surface area (Å²) in [4.78, 5) is 12.2. The Bertz CT molecular complexity index is 486. The summed E-state index contributed by atoms with van der Waals surface area (Å²) in [5.41, 5.74) is 0. The van der Waals surface area contributed by atoms with Crippen molar-refractivity contribution in [3.8, 4) is 0 Å². The summed E-state index contributed by atoms with van der Waals surface area (Å²) in [5.74, 6) is -0.0666. The molecule has 0 radical (unpaired) electrons. The van der Waals surface area contributed by atoms with Crippen molar-refractivity contribution in [2.45, 2.75) is 142 Å². The van der Waals surface area contributed by atoms with Crippen LogP contribution in [0, 0.1) is 0 Å². The smallest absolute Gasteiger partial charge is 0.306 e. The first kappa shape index (κ1) is 32.1. The predicted molar refractivity (Wildman–Crippen MR) is 151 cm³/mol. The number of esters is 1. The van der Waals surface area contributed by atoms with Gasteiger partial charge in [-0.1, -0.05) is 114 Å². The summed E-state index contributed by atoms with van der Waals surface area (Å²) in [6.45, 7) is 14.0. The van der Waals surface area contributed by atoms with Crippen LogP contribution >= 0.6 is 22.6 Å². The molecule has 0 saturated carbocycles. The minimum absolute atomic E-state index is 0.0666. The molecule has 5 heteroatoms. The Labute approximate surface area is 215 Å². The Morgan fingerprint density at radius 2 is 1.38 bits per heavy atom. The third-order valence-corrected chi connectivity index (χ3v) is 12.0. The van der Waals surface area contributed by atoms with Crippen molar-refractivity contribution in [2.24, 2.45) is 0 Å². The van der Waals surface area contributed by atoms with Gasteiger partial charge < -0.3 is 9.16 Å². The molecular formula is C27H53IO3Si. The van der Waals surface area contributed by atoms with E-state index in [0.29, 0.717) is 13.0 Å². The molecule has 0 N–H and O–H groups in total. The van der Waals surface area contributed by atoms with E-state index in [-0.39, 0.29) is 17.1 Å². The molecular weight excluding hydrogens is 527 g/mol. The van der Waals surface area contributed by atoms with E-state index >= 15 is 0 Å². The molecule has 0 aliphatic heterocycles. The molecule has 3 nitrogen and oxygen atoms in total. The second-order valence-corrected chi connectivity index (χ2v) is 16.4. The fourth-order valence-electron chi connectivity index (χ4n) is 3.21. The van der Waals surface area contributed by atoms with E-state index in [1.165, 1.54) is 70.6 Å². The Kier molecular flexibility index (Phi) is 19.5. The molecule has 0 spiro atoms. The van der Waals surface area contributed by atoms with Crippen LogP contribution in [0.3, 0.4) is 0 Å². The molecule has 0 aromatic carbocycles. The second-order valence-electron chi connectivity index (χ2n) is 10.7. The summed E-state index contributed by atoms with van der Waals surface area (Å²) >= 11 is 2.29. The number of hydrogen-bond acceptors (Lipinski definition) is 3. The number of alkyl halides is 1. The number of halogens is 1.